The Balaban J connectivity index is 2.99. The predicted molar refractivity (Wildman–Crippen MR) is 56.4 cm³/mol. The molecule has 1 atom stereocenters. The minimum atomic E-state index is -0.486. The first kappa shape index (κ1) is 11.4. The zero-order valence-corrected chi connectivity index (χ0v) is 9.07. The Labute approximate surface area is 88.8 Å². The van der Waals surface area contributed by atoms with E-state index in [0.29, 0.717) is 17.9 Å². The van der Waals surface area contributed by atoms with Gasteiger partial charge in [-0.05, 0) is 26.3 Å². The highest BCUT2D eigenvalue weighted by molar-refractivity contribution is 5.55. The molecule has 15 heavy (non-hydrogen) atoms. The number of rotatable bonds is 3. The molecule has 1 heterocycles. The molecular weight excluding hydrogens is 192 g/mol. The molecule has 1 aromatic heterocycles. The largest absolute Gasteiger partial charge is 0.392 e. The van der Waals surface area contributed by atoms with E-state index in [2.05, 4.69) is 21.6 Å². The van der Waals surface area contributed by atoms with E-state index in [1.165, 1.54) is 0 Å². The molecule has 5 heteroatoms. The Morgan fingerprint density at radius 1 is 1.47 bits per heavy atom. The van der Waals surface area contributed by atoms with Gasteiger partial charge in [-0.25, -0.2) is 0 Å². The fraction of sp³-hybridized carbons (Fsp3) is 0.500. The zero-order valence-electron chi connectivity index (χ0n) is 9.07. The molecule has 0 aromatic carbocycles. The molecule has 1 rings (SSSR count). The van der Waals surface area contributed by atoms with Crippen molar-refractivity contribution in [1.82, 2.24) is 10.2 Å². The van der Waals surface area contributed by atoms with Crippen LogP contribution in [-0.4, -0.2) is 28.0 Å². The van der Waals surface area contributed by atoms with E-state index in [-0.39, 0.29) is 0 Å². The van der Waals surface area contributed by atoms with Crippen molar-refractivity contribution in [3.8, 4) is 6.07 Å². The van der Waals surface area contributed by atoms with E-state index in [4.69, 9.17) is 10.4 Å². The quantitative estimate of drug-likeness (QED) is 0.763. The van der Waals surface area contributed by atoms with Gasteiger partial charge >= 0.3 is 0 Å². The van der Waals surface area contributed by atoms with Gasteiger partial charge in [-0.15, -0.1) is 5.10 Å². The molecular formula is C10H14N4O. The summed E-state index contributed by atoms with van der Waals surface area (Å²) in [7, 11) is 0. The van der Waals surface area contributed by atoms with Crippen molar-refractivity contribution >= 4 is 5.82 Å². The third kappa shape index (κ3) is 2.64. The summed E-state index contributed by atoms with van der Waals surface area (Å²) in [5.41, 5.74) is 2.05. The van der Waals surface area contributed by atoms with E-state index in [1.807, 2.05) is 13.8 Å². The average Bonchev–Trinajstić information content (AvgIpc) is 2.19. The van der Waals surface area contributed by atoms with Crippen molar-refractivity contribution < 1.29 is 5.11 Å². The first-order chi connectivity index (χ1) is 7.06. The molecule has 1 unspecified atom stereocenters. The fourth-order valence-corrected chi connectivity index (χ4v) is 1.11. The Morgan fingerprint density at radius 3 is 2.67 bits per heavy atom. The summed E-state index contributed by atoms with van der Waals surface area (Å²) in [6.07, 6.45) is -0.486. The average molecular weight is 206 g/mol. The maximum absolute atomic E-state index is 9.11. The number of anilines is 1. The van der Waals surface area contributed by atoms with Crippen molar-refractivity contribution in [1.29, 1.82) is 5.26 Å². The lowest BCUT2D eigenvalue weighted by Gasteiger charge is -2.10. The minimum Gasteiger partial charge on any atom is -0.392 e. The number of hydrogen-bond donors (Lipinski definition) is 2. The third-order valence-electron chi connectivity index (χ3n) is 2.13. The normalized spacial score (nSPS) is 11.9. The highest BCUT2D eigenvalue weighted by atomic mass is 16.3. The second-order valence-corrected chi connectivity index (χ2v) is 3.48. The number of nitrogens with one attached hydrogen (secondary N) is 1. The van der Waals surface area contributed by atoms with E-state index >= 15 is 0 Å². The summed E-state index contributed by atoms with van der Waals surface area (Å²) in [5, 5.41) is 28.8. The molecule has 1 aromatic rings. The number of hydrogen-bond acceptors (Lipinski definition) is 5. The molecule has 2 N–H and O–H groups in total. The van der Waals surface area contributed by atoms with Crippen LogP contribution in [0.15, 0.2) is 0 Å². The fourth-order valence-electron chi connectivity index (χ4n) is 1.11. The van der Waals surface area contributed by atoms with Crippen LogP contribution in [-0.2, 0) is 0 Å². The van der Waals surface area contributed by atoms with Crippen molar-refractivity contribution in [2.24, 2.45) is 0 Å². The maximum Gasteiger partial charge on any atom is 0.167 e. The Hall–Kier alpha value is -1.67. The summed E-state index contributed by atoms with van der Waals surface area (Å²) in [6, 6.07) is 2.08. The molecule has 0 saturated carbocycles. The zero-order chi connectivity index (χ0) is 11.4. The van der Waals surface area contributed by atoms with Crippen molar-refractivity contribution in [2.45, 2.75) is 26.9 Å². The van der Waals surface area contributed by atoms with Gasteiger partial charge in [0.15, 0.2) is 5.82 Å². The monoisotopic (exact) mass is 206 g/mol. The van der Waals surface area contributed by atoms with Gasteiger partial charge < -0.3 is 10.4 Å². The standard InChI is InChI=1S/C10H14N4O/c1-6(15)5-12-10-9(4-11)7(2)8(3)13-14-10/h6,15H,5H2,1-3H3,(H,12,14). The molecule has 0 saturated heterocycles. The SMILES string of the molecule is Cc1nnc(NCC(C)O)c(C#N)c1C. The van der Waals surface area contributed by atoms with Gasteiger partial charge in [-0.3, -0.25) is 0 Å². The molecule has 0 spiro atoms. The lowest BCUT2D eigenvalue weighted by molar-refractivity contribution is 0.208. The number of aliphatic hydroxyl groups is 1. The molecule has 0 amide bonds. The summed E-state index contributed by atoms with van der Waals surface area (Å²) in [6.45, 7) is 5.65. The van der Waals surface area contributed by atoms with Crippen LogP contribution in [0.4, 0.5) is 5.82 Å². The summed E-state index contributed by atoms with van der Waals surface area (Å²) in [4.78, 5) is 0. The van der Waals surface area contributed by atoms with Crippen LogP contribution in [0.5, 0.6) is 0 Å². The number of aryl methyl sites for hydroxylation is 1. The van der Waals surface area contributed by atoms with E-state index in [1.54, 1.807) is 6.92 Å². The van der Waals surface area contributed by atoms with Crippen molar-refractivity contribution in [3.05, 3.63) is 16.8 Å². The number of nitriles is 1. The maximum atomic E-state index is 9.11. The molecule has 0 aliphatic rings. The molecule has 0 fully saturated rings. The first-order valence-electron chi connectivity index (χ1n) is 4.72. The third-order valence-corrected chi connectivity index (χ3v) is 2.13. The van der Waals surface area contributed by atoms with Crippen molar-refractivity contribution in [3.63, 3.8) is 0 Å². The van der Waals surface area contributed by atoms with Crippen LogP contribution < -0.4 is 5.32 Å². The van der Waals surface area contributed by atoms with Crippen LogP contribution in [0.25, 0.3) is 0 Å². The highest BCUT2D eigenvalue weighted by Gasteiger charge is 2.10. The summed E-state index contributed by atoms with van der Waals surface area (Å²) >= 11 is 0. The van der Waals surface area contributed by atoms with E-state index in [9.17, 15) is 0 Å². The molecule has 0 radical (unpaired) electrons. The Kier molecular flexibility index (Phi) is 3.58. The lowest BCUT2D eigenvalue weighted by atomic mass is 10.1. The van der Waals surface area contributed by atoms with Gasteiger partial charge in [0, 0.05) is 6.54 Å². The highest BCUT2D eigenvalue weighted by Crippen LogP contribution is 2.16. The lowest BCUT2D eigenvalue weighted by Crippen LogP contribution is -2.17. The summed E-state index contributed by atoms with van der Waals surface area (Å²) in [5.74, 6) is 0.432. The Bertz CT molecular complexity index is 395. The number of nitrogens with zero attached hydrogens (tertiary/aromatic N) is 3. The van der Waals surface area contributed by atoms with Crippen LogP contribution in [0.1, 0.15) is 23.7 Å². The van der Waals surface area contributed by atoms with Crippen LogP contribution >= 0.6 is 0 Å². The predicted octanol–water partition coefficient (Wildman–Crippen LogP) is 0.758. The van der Waals surface area contributed by atoms with Crippen molar-refractivity contribution in [2.75, 3.05) is 11.9 Å². The number of aliphatic hydroxyl groups excluding tert-OH is 1. The van der Waals surface area contributed by atoms with Crippen LogP contribution in [0, 0.1) is 25.2 Å². The first-order valence-corrected chi connectivity index (χ1v) is 4.72. The second-order valence-electron chi connectivity index (χ2n) is 3.48. The smallest absolute Gasteiger partial charge is 0.167 e. The van der Waals surface area contributed by atoms with Crippen LogP contribution in [0.3, 0.4) is 0 Å². The molecule has 0 bridgehead atoms. The molecule has 0 aliphatic carbocycles. The van der Waals surface area contributed by atoms with Gasteiger partial charge in [-0.2, -0.15) is 10.4 Å². The topological polar surface area (TPSA) is 81.8 Å². The van der Waals surface area contributed by atoms with Gasteiger partial charge in [0.1, 0.15) is 11.6 Å². The molecule has 5 nitrogen and oxygen atoms in total. The molecule has 0 aliphatic heterocycles. The van der Waals surface area contributed by atoms with Gasteiger partial charge in [0.25, 0.3) is 0 Å². The van der Waals surface area contributed by atoms with E-state index in [0.717, 1.165) is 11.3 Å². The van der Waals surface area contributed by atoms with Gasteiger partial charge in [0.05, 0.1) is 11.8 Å². The van der Waals surface area contributed by atoms with Gasteiger partial charge in [-0.1, -0.05) is 0 Å². The summed E-state index contributed by atoms with van der Waals surface area (Å²) < 4.78 is 0. The van der Waals surface area contributed by atoms with Crippen LogP contribution in [0.2, 0.25) is 0 Å². The number of aromatic nitrogens is 2. The van der Waals surface area contributed by atoms with E-state index < -0.39 is 6.10 Å². The second kappa shape index (κ2) is 4.71. The Morgan fingerprint density at radius 2 is 2.13 bits per heavy atom. The minimum absolute atomic E-state index is 0.353. The molecule has 80 valence electrons. The van der Waals surface area contributed by atoms with Gasteiger partial charge in [0.2, 0.25) is 0 Å².